The summed E-state index contributed by atoms with van der Waals surface area (Å²) in [5.74, 6) is 0.0209. The normalized spacial score (nSPS) is 11.6. The van der Waals surface area contributed by atoms with Crippen LogP contribution < -0.4 is 10.1 Å². The zero-order valence-electron chi connectivity index (χ0n) is 15.5. The van der Waals surface area contributed by atoms with Crippen molar-refractivity contribution >= 4 is 35.0 Å². The van der Waals surface area contributed by atoms with E-state index in [9.17, 15) is 9.59 Å². The number of ether oxygens (including phenoxy) is 1. The lowest BCUT2D eigenvalue weighted by atomic mass is 10.1. The lowest BCUT2D eigenvalue weighted by Gasteiger charge is -2.28. The Kier molecular flexibility index (Phi) is 7.51. The highest BCUT2D eigenvalue weighted by Gasteiger charge is 2.26. The number of rotatable bonds is 7. The molecule has 0 heterocycles. The Bertz CT molecular complexity index is 809. The highest BCUT2D eigenvalue weighted by molar-refractivity contribution is 6.42. The van der Waals surface area contributed by atoms with Crippen molar-refractivity contribution in [3.05, 3.63) is 63.6 Å². The molecule has 0 radical (unpaired) electrons. The lowest BCUT2D eigenvalue weighted by Crippen LogP contribution is -2.48. The van der Waals surface area contributed by atoms with Gasteiger partial charge in [-0.15, -0.1) is 0 Å². The third-order valence-corrected chi connectivity index (χ3v) is 4.87. The average Bonchev–Trinajstić information content (AvgIpc) is 2.67. The Morgan fingerprint density at radius 2 is 1.78 bits per heavy atom. The third-order valence-electron chi connectivity index (χ3n) is 4.13. The molecule has 0 saturated heterocycles. The number of amides is 2. The van der Waals surface area contributed by atoms with Gasteiger partial charge in [0.25, 0.3) is 5.91 Å². The molecule has 0 bridgehead atoms. The monoisotopic (exact) mass is 408 g/mol. The summed E-state index contributed by atoms with van der Waals surface area (Å²) < 4.78 is 5.58. The Morgan fingerprint density at radius 3 is 2.37 bits per heavy atom. The summed E-state index contributed by atoms with van der Waals surface area (Å²) in [5.41, 5.74) is 1.87. The van der Waals surface area contributed by atoms with E-state index in [0.717, 1.165) is 11.1 Å². The second-order valence-corrected chi connectivity index (χ2v) is 6.98. The van der Waals surface area contributed by atoms with Crippen LogP contribution in [0.25, 0.3) is 0 Å². The van der Waals surface area contributed by atoms with E-state index in [4.69, 9.17) is 27.9 Å². The van der Waals surface area contributed by atoms with Gasteiger partial charge >= 0.3 is 0 Å². The predicted molar refractivity (Wildman–Crippen MR) is 107 cm³/mol. The number of hydrogen-bond acceptors (Lipinski definition) is 3. The molecule has 5 nitrogen and oxygen atoms in total. The van der Waals surface area contributed by atoms with Crippen molar-refractivity contribution in [1.82, 2.24) is 10.2 Å². The number of aryl methyl sites for hydroxylation is 1. The number of carbonyl (C=O) groups excluding carboxylic acids is 2. The van der Waals surface area contributed by atoms with Gasteiger partial charge in [0.05, 0.1) is 10.0 Å². The first kappa shape index (κ1) is 21.1. The highest BCUT2D eigenvalue weighted by atomic mass is 35.5. The molecule has 0 fully saturated rings. The highest BCUT2D eigenvalue weighted by Crippen LogP contribution is 2.24. The van der Waals surface area contributed by atoms with Crippen LogP contribution in [0.15, 0.2) is 42.5 Å². The fourth-order valence-electron chi connectivity index (χ4n) is 2.49. The van der Waals surface area contributed by atoms with E-state index < -0.39 is 6.04 Å². The maximum atomic E-state index is 12.8. The van der Waals surface area contributed by atoms with E-state index in [0.29, 0.717) is 15.8 Å². The Balaban J connectivity index is 2.14. The summed E-state index contributed by atoms with van der Waals surface area (Å²) in [6.45, 7) is 3.67. The fraction of sp³-hybridized carbons (Fsp3) is 0.300. The summed E-state index contributed by atoms with van der Waals surface area (Å²) in [4.78, 5) is 26.3. The first-order chi connectivity index (χ1) is 12.8. The molecule has 2 rings (SSSR count). The maximum absolute atomic E-state index is 12.8. The number of nitrogens with zero attached hydrogens (tertiary/aromatic N) is 1. The largest absolute Gasteiger partial charge is 0.484 e. The molecule has 0 aromatic heterocycles. The molecular formula is C20H22Cl2N2O3. The molecular weight excluding hydrogens is 387 g/mol. The number of nitrogens with one attached hydrogen (secondary N) is 1. The fourth-order valence-corrected chi connectivity index (χ4v) is 2.81. The lowest BCUT2D eigenvalue weighted by molar-refractivity contribution is -0.142. The minimum absolute atomic E-state index is 0.175. The van der Waals surface area contributed by atoms with Crippen molar-refractivity contribution in [1.29, 1.82) is 0 Å². The van der Waals surface area contributed by atoms with Crippen molar-refractivity contribution in [2.45, 2.75) is 26.4 Å². The molecule has 0 saturated carbocycles. The zero-order chi connectivity index (χ0) is 20.0. The van der Waals surface area contributed by atoms with E-state index in [1.54, 1.807) is 37.3 Å². The van der Waals surface area contributed by atoms with E-state index in [-0.39, 0.29) is 25.0 Å². The van der Waals surface area contributed by atoms with Gasteiger partial charge in [-0.25, -0.2) is 0 Å². The number of likely N-dealkylation sites (N-methyl/N-ethyl adjacent to an activating group) is 1. The molecule has 1 atom stereocenters. The van der Waals surface area contributed by atoms with Crippen LogP contribution in [0.1, 0.15) is 18.1 Å². The number of hydrogen-bond donors (Lipinski definition) is 1. The molecule has 2 aromatic carbocycles. The molecule has 7 heteroatoms. The molecule has 2 amide bonds. The van der Waals surface area contributed by atoms with Gasteiger partial charge in [-0.3, -0.25) is 9.59 Å². The van der Waals surface area contributed by atoms with Gasteiger partial charge in [-0.1, -0.05) is 47.0 Å². The Hall–Kier alpha value is -2.24. The summed E-state index contributed by atoms with van der Waals surface area (Å²) in [5, 5.41) is 3.39. The maximum Gasteiger partial charge on any atom is 0.261 e. The van der Waals surface area contributed by atoms with Crippen molar-refractivity contribution in [2.24, 2.45) is 0 Å². The molecule has 0 unspecified atom stereocenters. The van der Waals surface area contributed by atoms with Crippen molar-refractivity contribution in [3.63, 3.8) is 0 Å². The van der Waals surface area contributed by atoms with Crippen LogP contribution in [0.5, 0.6) is 5.75 Å². The molecule has 1 N–H and O–H groups in total. The van der Waals surface area contributed by atoms with Crippen LogP contribution in [0.2, 0.25) is 10.0 Å². The van der Waals surface area contributed by atoms with Crippen LogP contribution in [-0.4, -0.2) is 36.4 Å². The van der Waals surface area contributed by atoms with E-state index >= 15 is 0 Å². The standard InChI is InChI=1S/C20H22Cl2N2O3/c1-13-4-7-16(8-5-13)27-12-19(25)24(14(2)20(26)23-3)11-15-6-9-17(21)18(22)10-15/h4-10,14H,11-12H2,1-3H3,(H,23,26)/t14-/m0/s1. The summed E-state index contributed by atoms with van der Waals surface area (Å²) >= 11 is 12.0. The second-order valence-electron chi connectivity index (χ2n) is 6.16. The van der Waals surface area contributed by atoms with Crippen LogP contribution in [0.3, 0.4) is 0 Å². The molecule has 0 aliphatic rings. The van der Waals surface area contributed by atoms with Crippen molar-refractivity contribution in [2.75, 3.05) is 13.7 Å². The Labute approximate surface area is 169 Å². The molecule has 2 aromatic rings. The van der Waals surface area contributed by atoms with Crippen molar-refractivity contribution in [3.8, 4) is 5.75 Å². The number of halogens is 2. The van der Waals surface area contributed by atoms with Gasteiger partial charge < -0.3 is 15.0 Å². The summed E-state index contributed by atoms with van der Waals surface area (Å²) in [6.07, 6.45) is 0. The predicted octanol–water partition coefficient (Wildman–Crippen LogP) is 3.84. The summed E-state index contributed by atoms with van der Waals surface area (Å²) in [7, 11) is 1.53. The third kappa shape index (κ3) is 5.88. The van der Waals surface area contributed by atoms with Crippen molar-refractivity contribution < 1.29 is 14.3 Å². The number of benzene rings is 2. The summed E-state index contributed by atoms with van der Waals surface area (Å²) in [6, 6.07) is 11.9. The molecule has 27 heavy (non-hydrogen) atoms. The quantitative estimate of drug-likeness (QED) is 0.756. The Morgan fingerprint density at radius 1 is 1.11 bits per heavy atom. The molecule has 0 aliphatic carbocycles. The van der Waals surface area contributed by atoms with Crippen LogP contribution in [0, 0.1) is 6.92 Å². The van der Waals surface area contributed by atoms with Crippen LogP contribution in [-0.2, 0) is 16.1 Å². The first-order valence-corrected chi connectivity index (χ1v) is 9.22. The van der Waals surface area contributed by atoms with Gasteiger partial charge in [0.2, 0.25) is 5.91 Å². The smallest absolute Gasteiger partial charge is 0.261 e. The SMILES string of the molecule is CNC(=O)[C@H](C)N(Cc1ccc(Cl)c(Cl)c1)C(=O)COc1ccc(C)cc1. The van der Waals surface area contributed by atoms with E-state index in [2.05, 4.69) is 5.32 Å². The number of carbonyl (C=O) groups is 2. The van der Waals surface area contributed by atoms with Crippen LogP contribution >= 0.6 is 23.2 Å². The topological polar surface area (TPSA) is 58.6 Å². The molecule has 0 spiro atoms. The zero-order valence-corrected chi connectivity index (χ0v) is 17.0. The van der Waals surface area contributed by atoms with Gasteiger partial charge in [0, 0.05) is 13.6 Å². The first-order valence-electron chi connectivity index (χ1n) is 8.46. The van der Waals surface area contributed by atoms with Gasteiger partial charge in [0.1, 0.15) is 11.8 Å². The van der Waals surface area contributed by atoms with Gasteiger partial charge in [0.15, 0.2) is 6.61 Å². The minimum Gasteiger partial charge on any atom is -0.484 e. The van der Waals surface area contributed by atoms with Gasteiger partial charge in [-0.05, 0) is 43.7 Å². The second kappa shape index (κ2) is 9.62. The molecule has 0 aliphatic heterocycles. The van der Waals surface area contributed by atoms with E-state index in [1.807, 2.05) is 19.1 Å². The molecule has 144 valence electrons. The minimum atomic E-state index is -0.668. The van der Waals surface area contributed by atoms with Crippen LogP contribution in [0.4, 0.5) is 0 Å². The van der Waals surface area contributed by atoms with E-state index in [1.165, 1.54) is 11.9 Å². The van der Waals surface area contributed by atoms with Gasteiger partial charge in [-0.2, -0.15) is 0 Å². The average molecular weight is 409 g/mol.